The Morgan fingerprint density at radius 2 is 2.27 bits per heavy atom. The number of imidazole rings is 1. The van der Waals surface area contributed by atoms with Crippen LogP contribution in [-0.4, -0.2) is 36.7 Å². The Bertz CT molecular complexity index is 785. The van der Waals surface area contributed by atoms with Gasteiger partial charge in [-0.2, -0.15) is 0 Å². The quantitative estimate of drug-likeness (QED) is 0.374. The van der Waals surface area contributed by atoms with Crippen LogP contribution in [0.15, 0.2) is 24.8 Å². The second-order valence-electron chi connectivity index (χ2n) is 5.49. The van der Waals surface area contributed by atoms with Crippen LogP contribution in [-0.2, 0) is 14.1 Å². The van der Waals surface area contributed by atoms with Crippen molar-refractivity contribution >= 4 is 24.6 Å². The Labute approximate surface area is 126 Å². The summed E-state index contributed by atoms with van der Waals surface area (Å²) in [6.07, 6.45) is 7.20. The van der Waals surface area contributed by atoms with Crippen molar-refractivity contribution < 1.29 is 19.0 Å². The molecule has 0 aromatic carbocycles. The van der Waals surface area contributed by atoms with Gasteiger partial charge in [0, 0.05) is 13.1 Å². The summed E-state index contributed by atoms with van der Waals surface area (Å²) in [6, 6.07) is -0.0807. The monoisotopic (exact) mass is 325 g/mol. The van der Waals surface area contributed by atoms with Gasteiger partial charge in [-0.25, -0.2) is 19.8 Å². The van der Waals surface area contributed by atoms with E-state index in [4.69, 9.17) is 15.5 Å². The molecule has 2 heterocycles. The van der Waals surface area contributed by atoms with Gasteiger partial charge >= 0.3 is 7.60 Å². The van der Waals surface area contributed by atoms with Gasteiger partial charge in [0.2, 0.25) is 0 Å². The van der Waals surface area contributed by atoms with Crippen molar-refractivity contribution in [1.82, 2.24) is 19.5 Å². The van der Waals surface area contributed by atoms with E-state index in [1.807, 2.05) is 10.6 Å². The van der Waals surface area contributed by atoms with Gasteiger partial charge in [-0.1, -0.05) is 12.2 Å². The Hall–Kier alpha value is -1.80. The Kier molecular flexibility index (Phi) is 3.53. The maximum Gasteiger partial charge on any atom is 0.352 e. The lowest BCUT2D eigenvalue weighted by Gasteiger charge is -2.23. The van der Waals surface area contributed by atoms with Gasteiger partial charge in [0.25, 0.3) is 0 Å². The molecule has 118 valence electrons. The molecule has 0 bridgehead atoms. The molecule has 2 aromatic heterocycles. The Morgan fingerprint density at radius 1 is 1.50 bits per heavy atom. The normalized spacial score (nSPS) is 27.3. The molecule has 22 heavy (non-hydrogen) atoms. The van der Waals surface area contributed by atoms with Crippen LogP contribution in [0.2, 0.25) is 0 Å². The first-order valence-corrected chi connectivity index (χ1v) is 8.60. The highest BCUT2D eigenvalue weighted by Gasteiger charge is 2.35. The molecule has 1 aliphatic carbocycles. The molecule has 10 heteroatoms. The third-order valence-corrected chi connectivity index (χ3v) is 3.75. The molecule has 0 spiro atoms. The molecule has 1 aliphatic rings. The zero-order chi connectivity index (χ0) is 16.0. The van der Waals surface area contributed by atoms with E-state index >= 15 is 0 Å². The largest absolute Gasteiger partial charge is 0.382 e. The van der Waals surface area contributed by atoms with Crippen LogP contribution in [0.4, 0.5) is 5.82 Å². The minimum absolute atomic E-state index is 0.0807. The predicted molar refractivity (Wildman–Crippen MR) is 78.9 cm³/mol. The summed E-state index contributed by atoms with van der Waals surface area (Å²) >= 11 is 0. The van der Waals surface area contributed by atoms with E-state index in [0.29, 0.717) is 23.4 Å². The first-order chi connectivity index (χ1) is 10.3. The second kappa shape index (κ2) is 5.13. The molecule has 0 saturated carbocycles. The molecule has 3 atom stereocenters. The SMILES string of the molecule is C[C@@]1(OOP(C)(=O)O)C=C[C@H](n2cnc3c(N)ncnc32)C1. The predicted octanol–water partition coefficient (Wildman–Crippen LogP) is 1.43. The van der Waals surface area contributed by atoms with Gasteiger partial charge in [0.05, 0.1) is 12.4 Å². The van der Waals surface area contributed by atoms with Crippen molar-refractivity contribution in [3.63, 3.8) is 0 Å². The van der Waals surface area contributed by atoms with Gasteiger partial charge < -0.3 is 15.2 Å². The number of hydrogen-bond donors (Lipinski definition) is 2. The van der Waals surface area contributed by atoms with Crippen molar-refractivity contribution in [1.29, 1.82) is 0 Å². The Morgan fingerprint density at radius 3 is 3.00 bits per heavy atom. The molecule has 3 N–H and O–H groups in total. The number of nitrogens with two attached hydrogens (primary N) is 1. The smallest absolute Gasteiger partial charge is 0.352 e. The summed E-state index contributed by atoms with van der Waals surface area (Å²) in [5, 5.41) is 0. The lowest BCUT2D eigenvalue weighted by atomic mass is 10.1. The fourth-order valence-electron chi connectivity index (χ4n) is 2.39. The van der Waals surface area contributed by atoms with Crippen molar-refractivity contribution in [2.45, 2.75) is 25.0 Å². The van der Waals surface area contributed by atoms with Crippen molar-refractivity contribution in [3.8, 4) is 0 Å². The first-order valence-electron chi connectivity index (χ1n) is 6.57. The summed E-state index contributed by atoms with van der Waals surface area (Å²) < 4.78 is 17.6. The lowest BCUT2D eigenvalue weighted by Crippen LogP contribution is -2.25. The number of nitrogens with zero attached hydrogens (tertiary/aromatic N) is 4. The van der Waals surface area contributed by atoms with E-state index in [-0.39, 0.29) is 6.04 Å². The van der Waals surface area contributed by atoms with Crippen molar-refractivity contribution in [2.24, 2.45) is 0 Å². The third kappa shape index (κ3) is 2.89. The van der Waals surface area contributed by atoms with Crippen LogP contribution in [0.1, 0.15) is 19.4 Å². The number of fused-ring (bicyclic) bond motifs is 1. The molecule has 0 fully saturated rings. The van der Waals surface area contributed by atoms with E-state index in [2.05, 4.69) is 19.6 Å². The summed E-state index contributed by atoms with van der Waals surface area (Å²) in [5.74, 6) is 0.320. The summed E-state index contributed by atoms with van der Waals surface area (Å²) in [6.45, 7) is 2.83. The number of nitrogen functional groups attached to an aromatic ring is 1. The molecule has 1 unspecified atom stereocenters. The molecule has 0 saturated heterocycles. The zero-order valence-corrected chi connectivity index (χ0v) is 13.0. The number of allylic oxidation sites excluding steroid dienone is 1. The van der Waals surface area contributed by atoms with Crippen molar-refractivity contribution in [2.75, 3.05) is 12.4 Å². The van der Waals surface area contributed by atoms with Crippen LogP contribution in [0, 0.1) is 0 Å². The fourth-order valence-corrected chi connectivity index (χ4v) is 2.69. The van der Waals surface area contributed by atoms with Gasteiger partial charge in [0.1, 0.15) is 17.4 Å². The lowest BCUT2D eigenvalue weighted by molar-refractivity contribution is -0.275. The number of hydrogen-bond acceptors (Lipinski definition) is 7. The summed E-state index contributed by atoms with van der Waals surface area (Å²) in [7, 11) is -3.70. The fraction of sp³-hybridized carbons (Fsp3) is 0.417. The maximum absolute atomic E-state index is 11.2. The van der Waals surface area contributed by atoms with Crippen LogP contribution in [0.5, 0.6) is 0 Å². The highest BCUT2D eigenvalue weighted by Crippen LogP contribution is 2.42. The van der Waals surface area contributed by atoms with E-state index in [0.717, 1.165) is 6.66 Å². The third-order valence-electron chi connectivity index (χ3n) is 3.40. The van der Waals surface area contributed by atoms with Gasteiger partial charge in [0.15, 0.2) is 11.5 Å². The maximum atomic E-state index is 11.2. The van der Waals surface area contributed by atoms with Crippen LogP contribution < -0.4 is 5.73 Å². The highest BCUT2D eigenvalue weighted by molar-refractivity contribution is 7.51. The minimum Gasteiger partial charge on any atom is -0.382 e. The number of rotatable bonds is 4. The number of anilines is 1. The molecule has 0 aliphatic heterocycles. The molecular weight excluding hydrogens is 309 g/mol. The van der Waals surface area contributed by atoms with Gasteiger partial charge in [-0.05, 0) is 6.92 Å². The van der Waals surface area contributed by atoms with Crippen LogP contribution >= 0.6 is 7.60 Å². The van der Waals surface area contributed by atoms with Crippen LogP contribution in [0.3, 0.4) is 0 Å². The molecule has 0 radical (unpaired) electrons. The van der Waals surface area contributed by atoms with E-state index in [9.17, 15) is 4.57 Å². The topological polar surface area (TPSA) is 125 Å². The molecule has 9 nitrogen and oxygen atoms in total. The minimum atomic E-state index is -3.70. The second-order valence-corrected chi connectivity index (χ2v) is 7.24. The molecular formula is C12H16N5O4P. The van der Waals surface area contributed by atoms with Gasteiger partial charge in [-0.15, -0.1) is 4.67 Å². The standard InChI is InChI=1S/C12H16N5O4P/c1-12(20-21-22(2,18)19)4-3-8(5-12)17-7-16-9-10(13)14-6-15-11(9)17/h3-4,6-8H,5H2,1-2H3,(H,18,19)(H2,13,14,15)/t8-,12+/m0/s1. The number of aromatic nitrogens is 4. The zero-order valence-electron chi connectivity index (χ0n) is 12.1. The van der Waals surface area contributed by atoms with E-state index in [1.54, 1.807) is 19.3 Å². The Balaban J connectivity index is 1.82. The van der Waals surface area contributed by atoms with E-state index in [1.165, 1.54) is 6.33 Å². The molecule has 3 rings (SSSR count). The molecule has 0 amide bonds. The average Bonchev–Trinajstić information content (AvgIpc) is 3.01. The highest BCUT2D eigenvalue weighted by atomic mass is 31.2. The van der Waals surface area contributed by atoms with Crippen molar-refractivity contribution in [3.05, 3.63) is 24.8 Å². The van der Waals surface area contributed by atoms with E-state index < -0.39 is 13.2 Å². The summed E-state index contributed by atoms with van der Waals surface area (Å²) in [4.78, 5) is 26.6. The first kappa shape index (κ1) is 15.1. The summed E-state index contributed by atoms with van der Waals surface area (Å²) in [5.41, 5.74) is 6.12. The molecule has 2 aromatic rings. The average molecular weight is 325 g/mol. The van der Waals surface area contributed by atoms with Crippen LogP contribution in [0.25, 0.3) is 11.2 Å². The van der Waals surface area contributed by atoms with Gasteiger partial charge in [-0.3, -0.25) is 4.57 Å².